The van der Waals surface area contributed by atoms with Crippen LogP contribution in [0.25, 0.3) is 0 Å². The van der Waals surface area contributed by atoms with Gasteiger partial charge in [-0.15, -0.1) is 16.9 Å². The summed E-state index contributed by atoms with van der Waals surface area (Å²) in [5.74, 6) is -8.33. The fourth-order valence-electron chi connectivity index (χ4n) is 6.73. The molecule has 0 radical (unpaired) electrons. The van der Waals surface area contributed by atoms with E-state index in [-0.39, 0.29) is 120 Å². The monoisotopic (exact) mass is 768 g/mol. The maximum atomic E-state index is 12.7. The summed E-state index contributed by atoms with van der Waals surface area (Å²) in [6, 6.07) is 6.38. The van der Waals surface area contributed by atoms with Gasteiger partial charge in [-0.05, 0) is 26.3 Å². The quantitative estimate of drug-likeness (QED) is 0.166. The molecule has 252 valence electrons. The van der Waals surface area contributed by atoms with Crippen LogP contribution in [-0.4, -0.2) is 101 Å². The van der Waals surface area contributed by atoms with Crippen molar-refractivity contribution in [3.05, 3.63) is 47.8 Å². The predicted molar refractivity (Wildman–Crippen MR) is 156 cm³/mol. The van der Waals surface area contributed by atoms with Crippen molar-refractivity contribution >= 4 is 57.1 Å². The number of Topliss-reactive ketones (excluding diaryl/α,β-unsaturated/α-hetero) is 1. The Kier molecular flexibility index (Phi) is 13.4. The number of hydrogen-bond acceptors (Lipinski definition) is 14. The van der Waals surface area contributed by atoms with Crippen molar-refractivity contribution in [2.75, 3.05) is 0 Å². The summed E-state index contributed by atoms with van der Waals surface area (Å²) in [7, 11) is -4.02. The molecule has 17 nitrogen and oxygen atoms in total. The number of rotatable bonds is 8. The van der Waals surface area contributed by atoms with Crippen LogP contribution in [-0.2, 0) is 40.4 Å². The molecule has 1 aromatic carbocycles. The van der Waals surface area contributed by atoms with E-state index in [2.05, 4.69) is 15.6 Å². The zero-order valence-corrected chi connectivity index (χ0v) is 35.0. The first kappa shape index (κ1) is 42.3. The van der Waals surface area contributed by atoms with Gasteiger partial charge in [0.25, 0.3) is 0 Å². The average molecular weight is 769 g/mol. The number of aromatic nitrogens is 3. The average Bonchev–Trinajstić information content (AvgIpc) is 3.60. The standard InChI is InChI=1S/C16H19N3O4S.C12H13N3O7S.2K/c1-16(2)11(15(22)23)19-13(21)10(14(19)24-16)18-12(20)9(17)8-6-4-3-5-7-8;1-12(4-15-5(10(17)18)3-13-14-15)9(11(19)20)8-6(16)2-7(8)23(12,21)22;;/h3-7,9-11,14H,17H2,1-2H3,(H,18,20)(H,22,23);3,7-9H,2,4H2,1H3,(H,17,18)(H,19,20);;/q;;2*+1/p-2/t9?,10-,11+,14-;7?,8?,9-,12-;;/m10../s1. The second kappa shape index (κ2) is 15.5. The Morgan fingerprint density at radius 1 is 1.12 bits per heavy atom. The minimum Gasteiger partial charge on any atom is -0.550 e. The van der Waals surface area contributed by atoms with E-state index in [9.17, 15) is 52.5 Å². The van der Waals surface area contributed by atoms with Gasteiger partial charge in [0.05, 0.1) is 28.7 Å². The van der Waals surface area contributed by atoms with Crippen molar-refractivity contribution in [1.82, 2.24) is 25.2 Å². The molecule has 3 unspecified atom stereocenters. The Morgan fingerprint density at radius 3 is 2.27 bits per heavy atom. The molecule has 21 heteroatoms. The zero-order valence-electron chi connectivity index (χ0n) is 27.1. The van der Waals surface area contributed by atoms with E-state index >= 15 is 0 Å². The Labute approximate surface area is 369 Å². The first-order valence-electron chi connectivity index (χ1n) is 14.3. The molecule has 1 aromatic heterocycles. The van der Waals surface area contributed by atoms with Crippen LogP contribution >= 0.6 is 11.8 Å². The number of aromatic carboxylic acids is 1. The Morgan fingerprint density at radius 2 is 1.73 bits per heavy atom. The number of benzene rings is 1. The summed E-state index contributed by atoms with van der Waals surface area (Å²) in [5.41, 5.74) is 6.11. The summed E-state index contributed by atoms with van der Waals surface area (Å²) in [4.78, 5) is 71.6. The summed E-state index contributed by atoms with van der Waals surface area (Å²) < 4.78 is 23.6. The number of carboxylic acid groups (broad SMARTS) is 3. The molecule has 49 heavy (non-hydrogen) atoms. The largest absolute Gasteiger partial charge is 1.00 e. The number of β-lactam (4-membered cyclic amide) rings is 1. The molecule has 1 saturated carbocycles. The number of carboxylic acids is 3. The van der Waals surface area contributed by atoms with E-state index in [1.807, 2.05) is 6.07 Å². The molecule has 2 aromatic rings. The Balaban J connectivity index is 0.000000255. The van der Waals surface area contributed by atoms with Gasteiger partial charge in [-0.1, -0.05) is 35.5 Å². The molecule has 4 fully saturated rings. The smallest absolute Gasteiger partial charge is 0.550 e. The number of carbonyl (C=O) groups excluding carboxylic acids is 5. The predicted octanol–water partition coefficient (Wildman–Crippen LogP) is -9.52. The van der Waals surface area contributed by atoms with Crippen LogP contribution in [0.4, 0.5) is 0 Å². The summed E-state index contributed by atoms with van der Waals surface area (Å²) >= 11 is 1.38. The van der Waals surface area contributed by atoms with Crippen molar-refractivity contribution in [1.29, 1.82) is 0 Å². The van der Waals surface area contributed by atoms with Gasteiger partial charge in [0.1, 0.15) is 35.0 Å². The van der Waals surface area contributed by atoms with Crippen molar-refractivity contribution < 1.29 is 155 Å². The third-order valence-electron chi connectivity index (χ3n) is 9.20. The van der Waals surface area contributed by atoms with Crippen LogP contribution in [0.5, 0.6) is 0 Å². The topological polar surface area (TPSA) is 275 Å². The molecule has 4 heterocycles. The molecular weight excluding hydrogens is 739 g/mol. The zero-order chi connectivity index (χ0) is 34.8. The van der Waals surface area contributed by atoms with Crippen LogP contribution in [0.1, 0.15) is 49.3 Å². The fraction of sp³-hybridized carbons (Fsp3) is 0.500. The van der Waals surface area contributed by atoms with Crippen molar-refractivity contribution in [3.8, 4) is 0 Å². The number of aliphatic carboxylic acids is 2. The number of fused-ring (bicyclic) bond motifs is 2. The first-order chi connectivity index (χ1) is 21.8. The van der Waals surface area contributed by atoms with E-state index in [0.29, 0.717) is 5.56 Å². The number of nitrogens with one attached hydrogen (secondary N) is 1. The number of amides is 2. The number of sulfone groups is 1. The number of nitrogens with zero attached hydrogens (tertiary/aromatic N) is 4. The van der Waals surface area contributed by atoms with E-state index in [0.717, 1.165) is 17.8 Å². The van der Waals surface area contributed by atoms with Crippen LogP contribution in [0.3, 0.4) is 0 Å². The number of hydrogen-bond donors (Lipinski definition) is 3. The third-order valence-corrected chi connectivity index (χ3v) is 13.7. The normalized spacial score (nSPS) is 30.3. The van der Waals surface area contributed by atoms with E-state index in [4.69, 9.17) is 5.73 Å². The summed E-state index contributed by atoms with van der Waals surface area (Å²) in [6.07, 6.45) is 0.630. The summed E-state index contributed by atoms with van der Waals surface area (Å²) in [5, 5.41) is 39.9. The maximum absolute atomic E-state index is 12.7. The van der Waals surface area contributed by atoms with Gasteiger partial charge < -0.3 is 40.9 Å². The van der Waals surface area contributed by atoms with E-state index < -0.39 is 96.4 Å². The number of ketones is 1. The third kappa shape index (κ3) is 7.29. The van der Waals surface area contributed by atoms with Gasteiger partial charge in [-0.3, -0.25) is 14.4 Å². The van der Waals surface area contributed by atoms with Crippen LogP contribution in [0.2, 0.25) is 0 Å². The number of nitrogens with two attached hydrogens (primary N) is 1. The van der Waals surface area contributed by atoms with Crippen LogP contribution in [0.15, 0.2) is 36.5 Å². The van der Waals surface area contributed by atoms with Gasteiger partial charge in [0.2, 0.25) is 11.8 Å². The SMILES string of the molecule is CC1(C)S[C@@H]2[C@H](NC(=O)C(N)c3ccccc3)C(=O)N2[C@H]1C(=O)O.C[C@]1(Cn2nncc2C(=O)[O-])[C@H](C(=O)[O-])C2C(=O)CC2S1(=O)=O.[K+].[K+]. The summed E-state index contributed by atoms with van der Waals surface area (Å²) in [6.45, 7) is 4.17. The number of thioether (sulfide) groups is 1. The molecule has 1 aliphatic carbocycles. The molecule has 3 aliphatic heterocycles. The van der Waals surface area contributed by atoms with Crippen molar-refractivity contribution in [2.45, 2.75) is 72.0 Å². The molecule has 0 spiro atoms. The second-order valence-corrected chi connectivity index (χ2v) is 16.8. The van der Waals surface area contributed by atoms with Crippen LogP contribution in [0, 0.1) is 11.8 Å². The molecule has 2 amide bonds. The molecule has 4 N–H and O–H groups in total. The molecule has 6 rings (SSSR count). The molecule has 8 atom stereocenters. The number of carbonyl (C=O) groups is 6. The minimum atomic E-state index is -4.02. The van der Waals surface area contributed by atoms with E-state index in [1.54, 1.807) is 38.1 Å². The fourth-order valence-corrected chi connectivity index (χ4v) is 11.0. The Hall–Kier alpha value is -1.09. The van der Waals surface area contributed by atoms with Gasteiger partial charge in [0.15, 0.2) is 9.84 Å². The van der Waals surface area contributed by atoms with Gasteiger partial charge in [0, 0.05) is 29.0 Å². The second-order valence-electron chi connectivity index (χ2n) is 12.4. The van der Waals surface area contributed by atoms with Crippen molar-refractivity contribution in [2.24, 2.45) is 17.6 Å². The van der Waals surface area contributed by atoms with Gasteiger partial charge in [-0.2, -0.15) is 0 Å². The molecular formula is C28H30K2N6O11S2. The minimum absolute atomic E-state index is 0. The van der Waals surface area contributed by atoms with Gasteiger partial charge >= 0.3 is 109 Å². The maximum Gasteiger partial charge on any atom is 1.00 e. The Bertz CT molecular complexity index is 1790. The molecule has 0 bridgehead atoms. The van der Waals surface area contributed by atoms with E-state index in [1.165, 1.54) is 16.7 Å². The van der Waals surface area contributed by atoms with Gasteiger partial charge in [-0.25, -0.2) is 17.9 Å². The molecule has 3 saturated heterocycles. The van der Waals surface area contributed by atoms with Crippen LogP contribution < -0.4 is 124 Å². The molecule has 4 aliphatic rings. The van der Waals surface area contributed by atoms with Crippen molar-refractivity contribution in [3.63, 3.8) is 0 Å². The first-order valence-corrected chi connectivity index (χ1v) is 16.7.